The van der Waals surface area contributed by atoms with Crippen LogP contribution in [0.3, 0.4) is 0 Å². The molecule has 1 atom stereocenters. The van der Waals surface area contributed by atoms with Crippen LogP contribution in [-0.2, 0) is 0 Å². The lowest BCUT2D eigenvalue weighted by Gasteiger charge is -2.31. The first-order valence-corrected chi connectivity index (χ1v) is 8.69. The van der Waals surface area contributed by atoms with E-state index in [-0.39, 0.29) is 24.0 Å². The molecule has 1 aromatic rings. The third kappa shape index (κ3) is 6.09. The van der Waals surface area contributed by atoms with E-state index in [1.54, 1.807) is 0 Å². The summed E-state index contributed by atoms with van der Waals surface area (Å²) in [4.78, 5) is 6.86. The van der Waals surface area contributed by atoms with Gasteiger partial charge in [0.05, 0.1) is 6.04 Å². The maximum Gasteiger partial charge on any atom is 0.191 e. The van der Waals surface area contributed by atoms with Crippen LogP contribution in [0, 0.1) is 0 Å². The van der Waals surface area contributed by atoms with Crippen molar-refractivity contribution in [3.8, 4) is 0 Å². The first-order chi connectivity index (χ1) is 11.3. The van der Waals surface area contributed by atoms with Gasteiger partial charge in [0.15, 0.2) is 5.96 Å². The Balaban J connectivity index is 0.00000288. The molecule has 24 heavy (non-hydrogen) atoms. The van der Waals surface area contributed by atoms with Crippen LogP contribution in [0.15, 0.2) is 47.5 Å². The lowest BCUT2D eigenvalue weighted by atomic mass is 10.1. The molecule has 1 aliphatic rings. The number of hydrogen-bond acceptors (Lipinski definition) is 2. The second-order valence-corrected chi connectivity index (χ2v) is 5.88. The third-order valence-electron chi connectivity index (χ3n) is 4.47. The van der Waals surface area contributed by atoms with Crippen LogP contribution in [0.1, 0.15) is 38.3 Å². The molecule has 5 heteroatoms. The van der Waals surface area contributed by atoms with E-state index in [4.69, 9.17) is 0 Å². The van der Waals surface area contributed by atoms with Crippen molar-refractivity contribution >= 4 is 29.9 Å². The van der Waals surface area contributed by atoms with E-state index in [0.29, 0.717) is 12.1 Å². The van der Waals surface area contributed by atoms with E-state index in [9.17, 15) is 0 Å². The minimum Gasteiger partial charge on any atom is -0.354 e. The zero-order valence-electron chi connectivity index (χ0n) is 15.0. The summed E-state index contributed by atoms with van der Waals surface area (Å²) in [7, 11) is 1.84. The zero-order chi connectivity index (χ0) is 16.5. The molecule has 0 aromatic heterocycles. The standard InChI is InChI=1S/C19H30N4.HI/c1-4-23(5-2)18(16-11-7-6-8-12-16)15-21-19(20-3)22-17-13-9-10-14-17;/h6-12,17-18H,4-5,13-15H2,1-3H3,(H2,20,21,22);1H. The van der Waals surface area contributed by atoms with E-state index in [1.807, 2.05) is 7.05 Å². The lowest BCUT2D eigenvalue weighted by Crippen LogP contribution is -2.46. The summed E-state index contributed by atoms with van der Waals surface area (Å²) in [5.74, 6) is 0.895. The van der Waals surface area contributed by atoms with Crippen molar-refractivity contribution in [1.29, 1.82) is 0 Å². The van der Waals surface area contributed by atoms with Crippen LogP contribution in [-0.4, -0.2) is 43.6 Å². The Kier molecular flexibility index (Phi) is 10.0. The van der Waals surface area contributed by atoms with Gasteiger partial charge in [0.25, 0.3) is 0 Å². The molecule has 2 N–H and O–H groups in total. The molecule has 0 amide bonds. The lowest BCUT2D eigenvalue weighted by molar-refractivity contribution is 0.219. The maximum atomic E-state index is 4.38. The zero-order valence-corrected chi connectivity index (χ0v) is 17.4. The van der Waals surface area contributed by atoms with Gasteiger partial charge in [0.2, 0.25) is 0 Å². The van der Waals surface area contributed by atoms with Gasteiger partial charge in [-0.1, -0.05) is 56.3 Å². The smallest absolute Gasteiger partial charge is 0.191 e. The number of halogens is 1. The molecular formula is C19H31IN4. The topological polar surface area (TPSA) is 39.7 Å². The van der Waals surface area contributed by atoms with Crippen LogP contribution < -0.4 is 10.6 Å². The molecule has 0 fully saturated rings. The SMILES string of the molecule is CCN(CC)C(CNC(=NC)NC1CC=CC1)c1ccccc1.I. The fourth-order valence-electron chi connectivity index (χ4n) is 3.11. The molecule has 1 aromatic carbocycles. The minimum atomic E-state index is 0. The molecular weight excluding hydrogens is 411 g/mol. The molecule has 0 bridgehead atoms. The van der Waals surface area contributed by atoms with Crippen molar-refractivity contribution in [1.82, 2.24) is 15.5 Å². The predicted octanol–water partition coefficient (Wildman–Crippen LogP) is 3.57. The molecule has 0 aliphatic heterocycles. The number of nitrogens with one attached hydrogen (secondary N) is 2. The van der Waals surface area contributed by atoms with Crippen LogP contribution in [0.2, 0.25) is 0 Å². The fraction of sp³-hybridized carbons (Fsp3) is 0.526. The van der Waals surface area contributed by atoms with Gasteiger partial charge in [-0.3, -0.25) is 9.89 Å². The van der Waals surface area contributed by atoms with Crippen molar-refractivity contribution in [2.45, 2.75) is 38.8 Å². The predicted molar refractivity (Wildman–Crippen MR) is 114 cm³/mol. The average Bonchev–Trinajstić information content (AvgIpc) is 3.11. The molecule has 1 aliphatic carbocycles. The van der Waals surface area contributed by atoms with Crippen molar-refractivity contribution < 1.29 is 0 Å². The molecule has 0 saturated carbocycles. The Morgan fingerprint density at radius 3 is 2.33 bits per heavy atom. The summed E-state index contributed by atoms with van der Waals surface area (Å²) < 4.78 is 0. The first kappa shape index (κ1) is 21.0. The van der Waals surface area contributed by atoms with Crippen molar-refractivity contribution in [3.63, 3.8) is 0 Å². The Morgan fingerprint density at radius 1 is 1.17 bits per heavy atom. The van der Waals surface area contributed by atoms with E-state index in [1.165, 1.54) is 5.56 Å². The molecule has 0 spiro atoms. The van der Waals surface area contributed by atoms with Crippen molar-refractivity contribution in [2.24, 2.45) is 4.99 Å². The van der Waals surface area contributed by atoms with Crippen LogP contribution in [0.25, 0.3) is 0 Å². The highest BCUT2D eigenvalue weighted by molar-refractivity contribution is 14.0. The monoisotopic (exact) mass is 442 g/mol. The summed E-state index contributed by atoms with van der Waals surface area (Å²) in [6.45, 7) is 7.37. The van der Waals surface area contributed by atoms with Gasteiger partial charge in [-0.15, -0.1) is 24.0 Å². The van der Waals surface area contributed by atoms with Gasteiger partial charge >= 0.3 is 0 Å². The van der Waals surface area contributed by atoms with Gasteiger partial charge in [-0.2, -0.15) is 0 Å². The van der Waals surface area contributed by atoms with E-state index < -0.39 is 0 Å². The molecule has 1 unspecified atom stereocenters. The highest BCUT2D eigenvalue weighted by Gasteiger charge is 2.19. The first-order valence-electron chi connectivity index (χ1n) is 8.69. The highest BCUT2D eigenvalue weighted by Crippen LogP contribution is 2.19. The third-order valence-corrected chi connectivity index (χ3v) is 4.47. The minimum absolute atomic E-state index is 0. The fourth-order valence-corrected chi connectivity index (χ4v) is 3.11. The van der Waals surface area contributed by atoms with Crippen LogP contribution in [0.4, 0.5) is 0 Å². The van der Waals surface area contributed by atoms with Crippen molar-refractivity contribution in [2.75, 3.05) is 26.7 Å². The van der Waals surface area contributed by atoms with Crippen molar-refractivity contribution in [3.05, 3.63) is 48.0 Å². The Bertz CT molecular complexity index is 503. The number of nitrogens with zero attached hydrogens (tertiary/aromatic N) is 2. The number of aliphatic imine (C=N–C) groups is 1. The molecule has 2 rings (SSSR count). The number of guanidine groups is 1. The van der Waals surface area contributed by atoms with Gasteiger partial charge in [-0.25, -0.2) is 0 Å². The molecule has 0 heterocycles. The number of benzene rings is 1. The van der Waals surface area contributed by atoms with Gasteiger partial charge < -0.3 is 10.6 Å². The van der Waals surface area contributed by atoms with E-state index in [2.05, 4.69) is 76.9 Å². The number of hydrogen-bond donors (Lipinski definition) is 2. The quantitative estimate of drug-likeness (QED) is 0.294. The normalized spacial score (nSPS) is 16.1. The van der Waals surface area contributed by atoms with E-state index >= 15 is 0 Å². The van der Waals surface area contributed by atoms with Crippen LogP contribution in [0.5, 0.6) is 0 Å². The second-order valence-electron chi connectivity index (χ2n) is 5.88. The van der Waals surface area contributed by atoms with Gasteiger partial charge in [0.1, 0.15) is 0 Å². The summed E-state index contributed by atoms with van der Waals surface area (Å²) in [5.41, 5.74) is 1.35. The Labute approximate surface area is 163 Å². The Morgan fingerprint density at radius 2 is 1.79 bits per heavy atom. The summed E-state index contributed by atoms with van der Waals surface area (Å²) in [6.07, 6.45) is 6.62. The highest BCUT2D eigenvalue weighted by atomic mass is 127. The van der Waals surface area contributed by atoms with Crippen LogP contribution >= 0.6 is 24.0 Å². The second kappa shape index (κ2) is 11.5. The average molecular weight is 442 g/mol. The molecule has 4 nitrogen and oxygen atoms in total. The maximum absolute atomic E-state index is 4.38. The van der Waals surface area contributed by atoms with Gasteiger partial charge in [0, 0.05) is 19.6 Å². The van der Waals surface area contributed by atoms with Gasteiger partial charge in [-0.05, 0) is 31.5 Å². The van der Waals surface area contributed by atoms with E-state index in [0.717, 1.165) is 38.4 Å². The largest absolute Gasteiger partial charge is 0.354 e. The summed E-state index contributed by atoms with van der Waals surface area (Å²) >= 11 is 0. The molecule has 134 valence electrons. The Hall–Kier alpha value is -1.08. The molecule has 0 saturated heterocycles. The summed E-state index contributed by atoms with van der Waals surface area (Å²) in [6, 6.07) is 11.6. The molecule has 0 radical (unpaired) electrons. The number of rotatable bonds is 7. The number of likely N-dealkylation sites (N-methyl/N-ethyl adjacent to an activating group) is 1. The summed E-state index contributed by atoms with van der Waals surface area (Å²) in [5, 5.41) is 7.02.